The number of carbonyl (C=O) groups excluding carboxylic acids is 1. The summed E-state index contributed by atoms with van der Waals surface area (Å²) in [5, 5.41) is 9.85. The van der Waals surface area contributed by atoms with Crippen LogP contribution in [0.25, 0.3) is 11.3 Å². The summed E-state index contributed by atoms with van der Waals surface area (Å²) in [4.78, 5) is 29.7. The molecule has 2 aromatic rings. The van der Waals surface area contributed by atoms with Crippen molar-refractivity contribution in [2.45, 2.75) is 38.6 Å². The normalized spacial score (nSPS) is 20.2. The van der Waals surface area contributed by atoms with Crippen molar-refractivity contribution < 1.29 is 19.1 Å². The van der Waals surface area contributed by atoms with Crippen molar-refractivity contribution in [3.63, 3.8) is 0 Å². The van der Waals surface area contributed by atoms with Crippen molar-refractivity contribution in [2.75, 3.05) is 6.54 Å². The van der Waals surface area contributed by atoms with Gasteiger partial charge < -0.3 is 14.4 Å². The van der Waals surface area contributed by atoms with Crippen LogP contribution >= 0.6 is 11.6 Å². The van der Waals surface area contributed by atoms with E-state index in [4.69, 9.17) is 16.0 Å². The number of piperidine rings is 1. The van der Waals surface area contributed by atoms with E-state index in [2.05, 4.69) is 4.98 Å². The number of carbonyl (C=O) groups is 2. The minimum atomic E-state index is -0.841. The molecule has 1 aliphatic heterocycles. The maximum absolute atomic E-state index is 12.5. The molecule has 1 saturated heterocycles. The van der Waals surface area contributed by atoms with Crippen molar-refractivity contribution in [3.05, 3.63) is 41.4 Å². The molecule has 0 unspecified atom stereocenters. The number of hydrogen-bond donors (Lipinski definition) is 1. The van der Waals surface area contributed by atoms with Crippen LogP contribution in [0.15, 0.2) is 34.9 Å². The average Bonchev–Trinajstić information content (AvgIpc) is 3.08. The molecule has 3 rings (SSSR count). The van der Waals surface area contributed by atoms with E-state index >= 15 is 0 Å². The lowest BCUT2D eigenvalue weighted by Gasteiger charge is -2.37. The first kappa shape index (κ1) is 18.5. The minimum absolute atomic E-state index is 0.0686. The van der Waals surface area contributed by atoms with Crippen LogP contribution in [0.4, 0.5) is 0 Å². The zero-order valence-corrected chi connectivity index (χ0v) is 15.3. The van der Waals surface area contributed by atoms with Crippen LogP contribution in [-0.4, -0.2) is 39.5 Å². The number of carboxylic acid groups (broad SMARTS) is 1. The molecule has 1 aliphatic rings. The Balaban J connectivity index is 1.62. The molecule has 1 fully saturated rings. The van der Waals surface area contributed by atoms with Crippen LogP contribution in [0, 0.1) is 5.92 Å². The standard InChI is InChI=1S/C19H21ClN2O4/c1-12-13(19(24)25)6-4-10-22(12)18(23)9-8-17-21-11-16(26-17)14-5-2-3-7-15(14)20/h2-3,5,7,11-13H,4,6,8-10H2,1H3,(H,24,25)/t12-,13-/m1/s1. The highest BCUT2D eigenvalue weighted by Crippen LogP contribution is 2.28. The molecule has 138 valence electrons. The van der Waals surface area contributed by atoms with Gasteiger partial charge in [0.05, 0.1) is 17.1 Å². The molecule has 1 amide bonds. The van der Waals surface area contributed by atoms with Gasteiger partial charge >= 0.3 is 5.97 Å². The number of oxazole rings is 1. The van der Waals surface area contributed by atoms with E-state index in [-0.39, 0.29) is 18.4 Å². The molecule has 0 bridgehead atoms. The Kier molecular flexibility index (Phi) is 5.61. The minimum Gasteiger partial charge on any atom is -0.481 e. The lowest BCUT2D eigenvalue weighted by molar-refractivity contribution is -0.149. The maximum Gasteiger partial charge on any atom is 0.308 e. The molecule has 2 heterocycles. The van der Waals surface area contributed by atoms with E-state index in [1.54, 1.807) is 24.1 Å². The highest BCUT2D eigenvalue weighted by Gasteiger charge is 2.35. The van der Waals surface area contributed by atoms with Gasteiger partial charge in [0.2, 0.25) is 5.91 Å². The zero-order chi connectivity index (χ0) is 18.7. The predicted octanol–water partition coefficient (Wildman–Crippen LogP) is 3.64. The maximum atomic E-state index is 12.5. The first-order chi connectivity index (χ1) is 12.5. The van der Waals surface area contributed by atoms with E-state index < -0.39 is 11.9 Å². The van der Waals surface area contributed by atoms with Crippen LogP contribution in [-0.2, 0) is 16.0 Å². The molecular weight excluding hydrogens is 356 g/mol. The van der Waals surface area contributed by atoms with Crippen molar-refractivity contribution >= 4 is 23.5 Å². The van der Waals surface area contributed by atoms with E-state index in [9.17, 15) is 14.7 Å². The van der Waals surface area contributed by atoms with Gasteiger partial charge in [0.1, 0.15) is 0 Å². The Morgan fingerprint density at radius 1 is 1.38 bits per heavy atom. The molecule has 2 atom stereocenters. The molecule has 0 saturated carbocycles. The Morgan fingerprint density at radius 3 is 2.88 bits per heavy atom. The summed E-state index contributed by atoms with van der Waals surface area (Å²) in [6, 6.07) is 7.03. The van der Waals surface area contributed by atoms with Crippen LogP contribution in [0.1, 0.15) is 32.1 Å². The molecule has 7 heteroatoms. The van der Waals surface area contributed by atoms with Crippen LogP contribution in [0.3, 0.4) is 0 Å². The predicted molar refractivity (Wildman–Crippen MR) is 96.8 cm³/mol. The number of rotatable bonds is 5. The molecule has 0 spiro atoms. The van der Waals surface area contributed by atoms with Crippen LogP contribution in [0.2, 0.25) is 5.02 Å². The molecule has 1 N–H and O–H groups in total. The van der Waals surface area contributed by atoms with Gasteiger partial charge in [-0.1, -0.05) is 23.7 Å². The van der Waals surface area contributed by atoms with Gasteiger partial charge in [-0.25, -0.2) is 4.98 Å². The van der Waals surface area contributed by atoms with Gasteiger partial charge in [0, 0.05) is 31.0 Å². The third-order valence-corrected chi connectivity index (χ3v) is 5.20. The highest BCUT2D eigenvalue weighted by atomic mass is 35.5. The van der Waals surface area contributed by atoms with Crippen LogP contribution < -0.4 is 0 Å². The molecule has 26 heavy (non-hydrogen) atoms. The van der Waals surface area contributed by atoms with Gasteiger partial charge in [0.15, 0.2) is 11.7 Å². The van der Waals surface area contributed by atoms with E-state index in [0.717, 1.165) is 5.56 Å². The monoisotopic (exact) mass is 376 g/mol. The van der Waals surface area contributed by atoms with Crippen molar-refractivity contribution in [2.24, 2.45) is 5.92 Å². The van der Waals surface area contributed by atoms with E-state index in [1.165, 1.54) is 0 Å². The number of halogens is 1. The molecular formula is C19H21ClN2O4. The number of hydrogen-bond acceptors (Lipinski definition) is 4. The Labute approximate surface area is 156 Å². The first-order valence-electron chi connectivity index (χ1n) is 8.69. The SMILES string of the molecule is C[C@@H]1[C@H](C(=O)O)CCCN1C(=O)CCc1ncc(-c2ccccc2Cl)o1. The smallest absolute Gasteiger partial charge is 0.308 e. The summed E-state index contributed by atoms with van der Waals surface area (Å²) in [5.41, 5.74) is 0.758. The Bertz CT molecular complexity index is 804. The number of likely N-dealkylation sites (tertiary alicyclic amines) is 1. The van der Waals surface area contributed by atoms with Crippen LogP contribution in [0.5, 0.6) is 0 Å². The number of aliphatic carboxylic acids is 1. The van der Waals surface area contributed by atoms with Gasteiger partial charge in [-0.2, -0.15) is 0 Å². The van der Waals surface area contributed by atoms with E-state index in [0.29, 0.717) is 42.5 Å². The lowest BCUT2D eigenvalue weighted by atomic mass is 9.90. The number of benzene rings is 1. The number of aromatic nitrogens is 1. The third kappa shape index (κ3) is 3.90. The highest BCUT2D eigenvalue weighted by molar-refractivity contribution is 6.33. The second kappa shape index (κ2) is 7.91. The van der Waals surface area contributed by atoms with Crippen molar-refractivity contribution in [1.29, 1.82) is 0 Å². The number of nitrogens with zero attached hydrogens (tertiary/aromatic N) is 2. The fourth-order valence-corrected chi connectivity index (χ4v) is 3.62. The Morgan fingerprint density at radius 2 is 2.15 bits per heavy atom. The summed E-state index contributed by atoms with van der Waals surface area (Å²) in [5.74, 6) is -0.377. The van der Waals surface area contributed by atoms with Gasteiger partial charge in [-0.05, 0) is 31.9 Å². The molecule has 0 aliphatic carbocycles. The number of amides is 1. The van der Waals surface area contributed by atoms with Crippen molar-refractivity contribution in [1.82, 2.24) is 9.88 Å². The van der Waals surface area contributed by atoms with E-state index in [1.807, 2.05) is 18.2 Å². The number of aryl methyl sites for hydroxylation is 1. The molecule has 1 aromatic carbocycles. The summed E-state index contributed by atoms with van der Waals surface area (Å²) in [6.45, 7) is 2.40. The first-order valence-corrected chi connectivity index (χ1v) is 9.07. The lowest BCUT2D eigenvalue weighted by Crippen LogP contribution is -2.49. The second-order valence-electron chi connectivity index (χ2n) is 6.51. The third-order valence-electron chi connectivity index (χ3n) is 4.87. The topological polar surface area (TPSA) is 83.6 Å². The molecule has 1 aromatic heterocycles. The molecule has 0 radical (unpaired) electrons. The molecule has 6 nitrogen and oxygen atoms in total. The fourth-order valence-electron chi connectivity index (χ4n) is 3.39. The Hall–Kier alpha value is -2.34. The zero-order valence-electron chi connectivity index (χ0n) is 14.5. The van der Waals surface area contributed by atoms with Gasteiger partial charge in [-0.3, -0.25) is 9.59 Å². The van der Waals surface area contributed by atoms with Gasteiger partial charge in [-0.15, -0.1) is 0 Å². The fraction of sp³-hybridized carbons (Fsp3) is 0.421. The summed E-state index contributed by atoms with van der Waals surface area (Å²) >= 11 is 6.16. The largest absolute Gasteiger partial charge is 0.481 e. The summed E-state index contributed by atoms with van der Waals surface area (Å²) in [6.07, 6.45) is 3.53. The summed E-state index contributed by atoms with van der Waals surface area (Å²) in [7, 11) is 0. The number of carboxylic acids is 1. The van der Waals surface area contributed by atoms with Crippen molar-refractivity contribution in [3.8, 4) is 11.3 Å². The van der Waals surface area contributed by atoms with Gasteiger partial charge in [0.25, 0.3) is 0 Å². The average molecular weight is 377 g/mol. The quantitative estimate of drug-likeness (QED) is 0.861. The second-order valence-corrected chi connectivity index (χ2v) is 6.92. The summed E-state index contributed by atoms with van der Waals surface area (Å²) < 4.78 is 5.71.